The maximum atomic E-state index is 6.18. The molecule has 0 bridgehead atoms. The number of rotatable bonds is 4. The average Bonchev–Trinajstić information content (AvgIpc) is 2.81. The van der Waals surface area contributed by atoms with Crippen molar-refractivity contribution in [1.82, 2.24) is 4.90 Å². The van der Waals surface area contributed by atoms with Crippen molar-refractivity contribution >= 4 is 0 Å². The van der Waals surface area contributed by atoms with E-state index in [-0.39, 0.29) is 5.54 Å². The first-order chi connectivity index (χ1) is 8.89. The zero-order valence-electron chi connectivity index (χ0n) is 12.8. The fourth-order valence-electron chi connectivity index (χ4n) is 3.76. The monoisotopic (exact) mass is 264 g/mol. The maximum absolute atomic E-state index is 6.18. The van der Waals surface area contributed by atoms with Crippen LogP contribution >= 0.6 is 0 Å². The van der Waals surface area contributed by atoms with Crippen LogP contribution in [0.1, 0.15) is 45.6 Å². The molecule has 2 N–H and O–H groups in total. The fraction of sp³-hybridized carbons (Fsp3) is 0.750. The highest BCUT2D eigenvalue weighted by Crippen LogP contribution is 2.46. The number of hydrogen-bond acceptors (Lipinski definition) is 3. The number of furan rings is 1. The number of nitrogens with zero attached hydrogens (tertiary/aromatic N) is 1. The lowest BCUT2D eigenvalue weighted by Gasteiger charge is -2.52. The molecule has 0 saturated heterocycles. The van der Waals surface area contributed by atoms with Crippen molar-refractivity contribution in [1.29, 1.82) is 0 Å². The van der Waals surface area contributed by atoms with E-state index in [0.29, 0.717) is 11.3 Å². The van der Waals surface area contributed by atoms with Crippen LogP contribution in [0.5, 0.6) is 0 Å². The quantitative estimate of drug-likeness (QED) is 0.907. The summed E-state index contributed by atoms with van der Waals surface area (Å²) in [5.74, 6) is 0.623. The molecule has 0 aromatic carbocycles. The molecule has 2 unspecified atom stereocenters. The van der Waals surface area contributed by atoms with E-state index in [4.69, 9.17) is 10.2 Å². The molecule has 0 radical (unpaired) electrons. The molecule has 0 amide bonds. The van der Waals surface area contributed by atoms with Crippen LogP contribution in [0.3, 0.4) is 0 Å². The molecule has 1 aromatic heterocycles. The predicted molar refractivity (Wildman–Crippen MR) is 78.8 cm³/mol. The van der Waals surface area contributed by atoms with E-state index in [1.165, 1.54) is 24.8 Å². The smallest absolute Gasteiger partial charge is 0.0947 e. The summed E-state index contributed by atoms with van der Waals surface area (Å²) >= 11 is 0. The summed E-state index contributed by atoms with van der Waals surface area (Å²) in [6, 6.07) is 2.04. The van der Waals surface area contributed by atoms with E-state index in [9.17, 15) is 0 Å². The van der Waals surface area contributed by atoms with Crippen LogP contribution in [0.4, 0.5) is 0 Å². The Kier molecular flexibility index (Phi) is 4.07. The first kappa shape index (κ1) is 14.6. The van der Waals surface area contributed by atoms with Crippen LogP contribution in [-0.4, -0.2) is 24.0 Å². The minimum Gasteiger partial charge on any atom is -0.472 e. The fourth-order valence-corrected chi connectivity index (χ4v) is 3.76. The standard InChI is InChI=1S/C16H28N2O/c1-13-9-15(2,3)6-7-16(13,12-17)18(4)10-14-5-8-19-11-14/h5,8,11,13H,6-7,9-10,12,17H2,1-4H3. The summed E-state index contributed by atoms with van der Waals surface area (Å²) in [6.07, 6.45) is 7.26. The van der Waals surface area contributed by atoms with Crippen LogP contribution in [0.25, 0.3) is 0 Å². The van der Waals surface area contributed by atoms with E-state index in [1.807, 2.05) is 12.3 Å². The lowest BCUT2D eigenvalue weighted by Crippen LogP contribution is -2.59. The minimum absolute atomic E-state index is 0.132. The molecule has 3 nitrogen and oxygen atoms in total. The first-order valence-electron chi connectivity index (χ1n) is 7.32. The molecule has 2 rings (SSSR count). The molecule has 1 aromatic rings. The summed E-state index contributed by atoms with van der Waals surface area (Å²) < 4.78 is 5.17. The van der Waals surface area contributed by atoms with Gasteiger partial charge >= 0.3 is 0 Å². The normalized spacial score (nSPS) is 30.7. The lowest BCUT2D eigenvalue weighted by molar-refractivity contribution is -0.0117. The number of nitrogens with two attached hydrogens (primary N) is 1. The second kappa shape index (κ2) is 5.29. The molecule has 19 heavy (non-hydrogen) atoms. The van der Waals surface area contributed by atoms with E-state index in [1.54, 1.807) is 6.26 Å². The second-order valence-electron chi connectivity index (χ2n) is 7.06. The van der Waals surface area contributed by atoms with Crippen LogP contribution < -0.4 is 5.73 Å². The Hall–Kier alpha value is -0.800. The molecule has 0 aliphatic heterocycles. The zero-order chi connectivity index (χ0) is 14.1. The van der Waals surface area contributed by atoms with Crippen LogP contribution in [0.2, 0.25) is 0 Å². The van der Waals surface area contributed by atoms with Crippen LogP contribution in [0, 0.1) is 11.3 Å². The molecule has 108 valence electrons. The van der Waals surface area contributed by atoms with E-state index in [2.05, 4.69) is 32.7 Å². The molecule has 1 heterocycles. The second-order valence-corrected chi connectivity index (χ2v) is 7.06. The third kappa shape index (κ3) is 2.87. The van der Waals surface area contributed by atoms with Gasteiger partial charge in [-0.15, -0.1) is 0 Å². The van der Waals surface area contributed by atoms with Gasteiger partial charge in [0, 0.05) is 24.2 Å². The van der Waals surface area contributed by atoms with E-state index in [0.717, 1.165) is 13.1 Å². The van der Waals surface area contributed by atoms with Crippen molar-refractivity contribution in [2.45, 2.75) is 52.1 Å². The maximum Gasteiger partial charge on any atom is 0.0947 e. The van der Waals surface area contributed by atoms with Crippen molar-refractivity contribution in [2.75, 3.05) is 13.6 Å². The van der Waals surface area contributed by atoms with Gasteiger partial charge in [0.15, 0.2) is 0 Å². The Morgan fingerprint density at radius 1 is 1.42 bits per heavy atom. The molecule has 0 spiro atoms. The molecule has 1 saturated carbocycles. The highest BCUT2D eigenvalue weighted by atomic mass is 16.3. The number of hydrogen-bond donors (Lipinski definition) is 1. The minimum atomic E-state index is 0.132. The summed E-state index contributed by atoms with van der Waals surface area (Å²) in [7, 11) is 2.20. The Morgan fingerprint density at radius 3 is 2.68 bits per heavy atom. The Bertz CT molecular complexity index is 399. The van der Waals surface area contributed by atoms with Gasteiger partial charge in [-0.3, -0.25) is 4.90 Å². The topological polar surface area (TPSA) is 42.4 Å². The number of likely N-dealkylation sites (N-methyl/N-ethyl adjacent to an activating group) is 1. The first-order valence-corrected chi connectivity index (χ1v) is 7.32. The van der Waals surface area contributed by atoms with Gasteiger partial charge in [0.05, 0.1) is 12.5 Å². The van der Waals surface area contributed by atoms with Crippen molar-refractivity contribution in [2.24, 2.45) is 17.1 Å². The molecular formula is C16H28N2O. The zero-order valence-corrected chi connectivity index (χ0v) is 12.8. The van der Waals surface area contributed by atoms with Crippen molar-refractivity contribution in [3.63, 3.8) is 0 Å². The molecule has 1 aliphatic carbocycles. The van der Waals surface area contributed by atoms with Gasteiger partial charge in [0.1, 0.15) is 0 Å². The summed E-state index contributed by atoms with van der Waals surface area (Å²) in [4.78, 5) is 2.44. The van der Waals surface area contributed by atoms with Crippen molar-refractivity contribution in [3.05, 3.63) is 24.2 Å². The third-order valence-electron chi connectivity index (χ3n) is 5.12. The molecule has 1 fully saturated rings. The van der Waals surface area contributed by atoms with Gasteiger partial charge in [-0.2, -0.15) is 0 Å². The van der Waals surface area contributed by atoms with Gasteiger partial charge in [-0.1, -0.05) is 20.8 Å². The largest absolute Gasteiger partial charge is 0.472 e. The molecule has 3 heteroatoms. The van der Waals surface area contributed by atoms with E-state index < -0.39 is 0 Å². The van der Waals surface area contributed by atoms with Gasteiger partial charge < -0.3 is 10.2 Å². The van der Waals surface area contributed by atoms with Gasteiger partial charge in [0.25, 0.3) is 0 Å². The Balaban J connectivity index is 2.13. The highest BCUT2D eigenvalue weighted by molar-refractivity contribution is 5.08. The summed E-state index contributed by atoms with van der Waals surface area (Å²) in [6.45, 7) is 8.76. The van der Waals surface area contributed by atoms with E-state index >= 15 is 0 Å². The van der Waals surface area contributed by atoms with Crippen molar-refractivity contribution in [3.8, 4) is 0 Å². The lowest BCUT2D eigenvalue weighted by atomic mass is 9.63. The van der Waals surface area contributed by atoms with Gasteiger partial charge in [0.2, 0.25) is 0 Å². The summed E-state index contributed by atoms with van der Waals surface area (Å²) in [5.41, 5.74) is 8.00. The predicted octanol–water partition coefficient (Wildman–Crippen LogP) is 3.26. The Labute approximate surface area is 117 Å². The van der Waals surface area contributed by atoms with Crippen LogP contribution in [0.15, 0.2) is 23.0 Å². The summed E-state index contributed by atoms with van der Waals surface area (Å²) in [5, 5.41) is 0. The molecular weight excluding hydrogens is 236 g/mol. The Morgan fingerprint density at radius 2 is 2.16 bits per heavy atom. The SMILES string of the molecule is CC1CC(C)(C)CCC1(CN)N(C)Cc1ccoc1. The molecule has 2 atom stereocenters. The average molecular weight is 264 g/mol. The highest BCUT2D eigenvalue weighted by Gasteiger charge is 2.45. The van der Waals surface area contributed by atoms with Crippen LogP contribution in [-0.2, 0) is 6.54 Å². The van der Waals surface area contributed by atoms with Crippen molar-refractivity contribution < 1.29 is 4.42 Å². The van der Waals surface area contributed by atoms with Gasteiger partial charge in [-0.05, 0) is 43.7 Å². The third-order valence-corrected chi connectivity index (χ3v) is 5.12. The van der Waals surface area contributed by atoms with Gasteiger partial charge in [-0.25, -0.2) is 0 Å². The molecule has 1 aliphatic rings.